The van der Waals surface area contributed by atoms with Crippen LogP contribution in [0.3, 0.4) is 0 Å². The van der Waals surface area contributed by atoms with Crippen molar-refractivity contribution in [1.82, 2.24) is 10.2 Å². The van der Waals surface area contributed by atoms with Crippen molar-refractivity contribution in [3.8, 4) is 0 Å². The molecule has 0 spiro atoms. The number of nitrogens with one attached hydrogen (secondary N) is 1. The van der Waals surface area contributed by atoms with E-state index >= 15 is 0 Å². The number of nitrogens with zero attached hydrogens (tertiary/aromatic N) is 1. The van der Waals surface area contributed by atoms with E-state index in [0.29, 0.717) is 6.10 Å². The van der Waals surface area contributed by atoms with Crippen molar-refractivity contribution in [1.29, 1.82) is 0 Å². The largest absolute Gasteiger partial charge is 0.378 e. The fourth-order valence-corrected chi connectivity index (χ4v) is 2.82. The molecule has 2 saturated heterocycles. The lowest BCUT2D eigenvalue weighted by atomic mass is 9.99. The van der Waals surface area contributed by atoms with Crippen LogP contribution in [0.15, 0.2) is 0 Å². The van der Waals surface area contributed by atoms with Gasteiger partial charge in [0.25, 0.3) is 0 Å². The Balaban J connectivity index is 1.39. The molecule has 0 aliphatic carbocycles. The van der Waals surface area contributed by atoms with Crippen molar-refractivity contribution in [2.45, 2.75) is 38.7 Å². The van der Waals surface area contributed by atoms with Crippen LogP contribution in [0, 0.1) is 5.92 Å². The van der Waals surface area contributed by atoms with Crippen LogP contribution in [0.25, 0.3) is 0 Å². The molecule has 112 valence electrons. The van der Waals surface area contributed by atoms with Gasteiger partial charge >= 0.3 is 0 Å². The minimum Gasteiger partial charge on any atom is -0.378 e. The van der Waals surface area contributed by atoms with Gasteiger partial charge in [0, 0.05) is 6.54 Å². The Hall–Kier alpha value is -0.160. The molecule has 19 heavy (non-hydrogen) atoms. The Morgan fingerprint density at radius 3 is 2.47 bits per heavy atom. The number of hydrogen-bond donors (Lipinski definition) is 1. The molecule has 0 saturated carbocycles. The molecule has 0 radical (unpaired) electrons. The summed E-state index contributed by atoms with van der Waals surface area (Å²) in [4.78, 5) is 2.52. The molecular formula is C15H30N2O2. The zero-order valence-corrected chi connectivity index (χ0v) is 12.4. The molecule has 2 fully saturated rings. The molecule has 2 rings (SSSR count). The van der Waals surface area contributed by atoms with Crippen LogP contribution < -0.4 is 5.32 Å². The Kier molecular flexibility index (Phi) is 7.14. The van der Waals surface area contributed by atoms with E-state index in [1.54, 1.807) is 0 Å². The van der Waals surface area contributed by atoms with Crippen LogP contribution in [-0.2, 0) is 9.47 Å². The van der Waals surface area contributed by atoms with E-state index in [9.17, 15) is 0 Å². The van der Waals surface area contributed by atoms with Crippen LogP contribution in [0.5, 0.6) is 0 Å². The summed E-state index contributed by atoms with van der Waals surface area (Å²) in [6.07, 6.45) is 5.43. The monoisotopic (exact) mass is 270 g/mol. The molecule has 0 amide bonds. The van der Waals surface area contributed by atoms with Crippen LogP contribution in [-0.4, -0.2) is 63.5 Å². The van der Waals surface area contributed by atoms with E-state index in [-0.39, 0.29) is 0 Å². The van der Waals surface area contributed by atoms with Gasteiger partial charge in [-0.3, -0.25) is 0 Å². The maximum absolute atomic E-state index is 5.81. The Morgan fingerprint density at radius 1 is 1.00 bits per heavy atom. The van der Waals surface area contributed by atoms with Gasteiger partial charge in [0.1, 0.15) is 0 Å². The molecule has 1 N–H and O–H groups in total. The van der Waals surface area contributed by atoms with E-state index < -0.39 is 0 Å². The number of piperidine rings is 2. The summed E-state index contributed by atoms with van der Waals surface area (Å²) in [5, 5.41) is 3.35. The summed E-state index contributed by atoms with van der Waals surface area (Å²) in [6.45, 7) is 10.5. The molecule has 2 heterocycles. The van der Waals surface area contributed by atoms with E-state index in [1.807, 2.05) is 0 Å². The minimum absolute atomic E-state index is 0.452. The lowest BCUT2D eigenvalue weighted by Crippen LogP contribution is -2.35. The van der Waals surface area contributed by atoms with Crippen molar-refractivity contribution in [3.63, 3.8) is 0 Å². The molecule has 4 heteroatoms. The zero-order chi connectivity index (χ0) is 13.3. The fraction of sp³-hybridized carbons (Fsp3) is 1.00. The van der Waals surface area contributed by atoms with E-state index in [1.165, 1.54) is 25.9 Å². The van der Waals surface area contributed by atoms with Crippen molar-refractivity contribution < 1.29 is 9.47 Å². The maximum atomic E-state index is 5.81. The highest BCUT2D eigenvalue weighted by molar-refractivity contribution is 4.69. The van der Waals surface area contributed by atoms with Gasteiger partial charge in [-0.25, -0.2) is 0 Å². The Labute approximate surface area is 117 Å². The standard InChI is InChI=1S/C15H30N2O2/c1-14-4-8-17(9-5-14)10-11-18-12-13-19-15-2-6-16-7-3-15/h14-16H,2-13H2,1H3. The minimum atomic E-state index is 0.452. The molecule has 0 aromatic rings. The zero-order valence-electron chi connectivity index (χ0n) is 12.4. The van der Waals surface area contributed by atoms with Gasteiger partial charge < -0.3 is 19.7 Å². The molecule has 2 aliphatic rings. The Morgan fingerprint density at radius 2 is 1.74 bits per heavy atom. The van der Waals surface area contributed by atoms with Gasteiger partial charge in [-0.15, -0.1) is 0 Å². The fourth-order valence-electron chi connectivity index (χ4n) is 2.82. The highest BCUT2D eigenvalue weighted by atomic mass is 16.5. The first-order valence-corrected chi connectivity index (χ1v) is 7.97. The van der Waals surface area contributed by atoms with Crippen LogP contribution >= 0.6 is 0 Å². The third-order valence-corrected chi connectivity index (χ3v) is 4.30. The number of hydrogen-bond acceptors (Lipinski definition) is 4. The smallest absolute Gasteiger partial charge is 0.0704 e. The Bertz CT molecular complexity index is 224. The van der Waals surface area contributed by atoms with Crippen molar-refractivity contribution in [2.24, 2.45) is 5.92 Å². The predicted octanol–water partition coefficient (Wildman–Crippen LogP) is 1.50. The molecular weight excluding hydrogens is 240 g/mol. The topological polar surface area (TPSA) is 33.7 Å². The molecule has 0 atom stereocenters. The van der Waals surface area contributed by atoms with Crippen molar-refractivity contribution >= 4 is 0 Å². The van der Waals surface area contributed by atoms with Gasteiger partial charge in [-0.05, 0) is 57.8 Å². The first-order valence-electron chi connectivity index (χ1n) is 7.97. The number of ether oxygens (including phenoxy) is 2. The summed E-state index contributed by atoms with van der Waals surface area (Å²) in [6, 6.07) is 0. The molecule has 2 aliphatic heterocycles. The second-order valence-corrected chi connectivity index (χ2v) is 5.96. The second-order valence-electron chi connectivity index (χ2n) is 5.96. The van der Waals surface area contributed by atoms with Crippen molar-refractivity contribution in [2.75, 3.05) is 52.5 Å². The van der Waals surface area contributed by atoms with Crippen LogP contribution in [0.4, 0.5) is 0 Å². The van der Waals surface area contributed by atoms with E-state index in [0.717, 1.165) is 58.2 Å². The molecule has 4 nitrogen and oxygen atoms in total. The quantitative estimate of drug-likeness (QED) is 0.711. The molecule has 0 unspecified atom stereocenters. The summed E-state index contributed by atoms with van der Waals surface area (Å²) >= 11 is 0. The average Bonchev–Trinajstić information content (AvgIpc) is 2.46. The molecule has 0 bridgehead atoms. The first kappa shape index (κ1) is 15.2. The lowest BCUT2D eigenvalue weighted by molar-refractivity contribution is -0.0114. The third-order valence-electron chi connectivity index (χ3n) is 4.30. The van der Waals surface area contributed by atoms with Crippen LogP contribution in [0.2, 0.25) is 0 Å². The van der Waals surface area contributed by atoms with E-state index in [2.05, 4.69) is 17.1 Å². The average molecular weight is 270 g/mol. The lowest BCUT2D eigenvalue weighted by Gasteiger charge is -2.30. The highest BCUT2D eigenvalue weighted by Gasteiger charge is 2.15. The SMILES string of the molecule is CC1CCN(CCOCCOC2CCNCC2)CC1. The third kappa shape index (κ3) is 6.21. The number of likely N-dealkylation sites (tertiary alicyclic amines) is 1. The summed E-state index contributed by atoms with van der Waals surface area (Å²) < 4.78 is 11.5. The van der Waals surface area contributed by atoms with Gasteiger partial charge in [-0.2, -0.15) is 0 Å². The molecule has 0 aromatic carbocycles. The molecule has 0 aromatic heterocycles. The van der Waals surface area contributed by atoms with Gasteiger partial charge in [0.05, 0.1) is 25.9 Å². The predicted molar refractivity (Wildman–Crippen MR) is 77.5 cm³/mol. The van der Waals surface area contributed by atoms with Crippen LogP contribution in [0.1, 0.15) is 32.6 Å². The number of rotatable bonds is 7. The van der Waals surface area contributed by atoms with Crippen molar-refractivity contribution in [3.05, 3.63) is 0 Å². The maximum Gasteiger partial charge on any atom is 0.0704 e. The van der Waals surface area contributed by atoms with Gasteiger partial charge in [0.2, 0.25) is 0 Å². The first-order chi connectivity index (χ1) is 9.34. The van der Waals surface area contributed by atoms with Gasteiger partial charge in [-0.1, -0.05) is 6.92 Å². The summed E-state index contributed by atoms with van der Waals surface area (Å²) in [7, 11) is 0. The normalized spacial score (nSPS) is 23.8. The van der Waals surface area contributed by atoms with Gasteiger partial charge in [0.15, 0.2) is 0 Å². The van der Waals surface area contributed by atoms with E-state index in [4.69, 9.17) is 9.47 Å². The summed E-state index contributed by atoms with van der Waals surface area (Å²) in [5.74, 6) is 0.913. The summed E-state index contributed by atoms with van der Waals surface area (Å²) in [5.41, 5.74) is 0. The highest BCUT2D eigenvalue weighted by Crippen LogP contribution is 2.15. The second kappa shape index (κ2) is 8.90.